The van der Waals surface area contributed by atoms with Gasteiger partial charge in [0.1, 0.15) is 12.4 Å². The molecule has 4 nitrogen and oxygen atoms in total. The van der Waals surface area contributed by atoms with Gasteiger partial charge in [-0.05, 0) is 18.2 Å². The van der Waals surface area contributed by atoms with Crippen LogP contribution in [0.4, 0.5) is 0 Å². The summed E-state index contributed by atoms with van der Waals surface area (Å²) in [5.74, 6) is 1.52. The molecule has 0 aliphatic heterocycles. The summed E-state index contributed by atoms with van der Waals surface area (Å²) in [5, 5.41) is 6.68. The number of benzene rings is 1. The van der Waals surface area contributed by atoms with Crippen LogP contribution < -0.4 is 15.4 Å². The van der Waals surface area contributed by atoms with Crippen LogP contribution in [0.15, 0.2) is 29.3 Å². The van der Waals surface area contributed by atoms with E-state index in [1.165, 1.54) is 0 Å². The molecule has 0 saturated heterocycles. The minimum Gasteiger partial charge on any atom is -0.492 e. The molecule has 17 heavy (non-hydrogen) atoms. The summed E-state index contributed by atoms with van der Waals surface area (Å²) in [6, 6.07) is 7.33. The van der Waals surface area contributed by atoms with Crippen molar-refractivity contribution in [2.45, 2.75) is 0 Å². The highest BCUT2D eigenvalue weighted by molar-refractivity contribution is 14.0. The molecule has 0 amide bonds. The van der Waals surface area contributed by atoms with E-state index >= 15 is 0 Å². The Balaban J connectivity index is 0.00000256. The predicted molar refractivity (Wildman–Crippen MR) is 82.8 cm³/mol. The van der Waals surface area contributed by atoms with E-state index in [4.69, 9.17) is 16.3 Å². The Morgan fingerprint density at radius 2 is 2.24 bits per heavy atom. The molecule has 2 N–H and O–H groups in total. The van der Waals surface area contributed by atoms with E-state index in [2.05, 4.69) is 15.6 Å². The van der Waals surface area contributed by atoms with Crippen molar-refractivity contribution in [2.24, 2.45) is 4.99 Å². The van der Waals surface area contributed by atoms with Gasteiger partial charge in [0, 0.05) is 19.1 Å². The quantitative estimate of drug-likeness (QED) is 0.370. The van der Waals surface area contributed by atoms with E-state index in [1.54, 1.807) is 13.1 Å². The lowest BCUT2D eigenvalue weighted by atomic mass is 10.3. The highest BCUT2D eigenvalue weighted by atomic mass is 127. The van der Waals surface area contributed by atoms with Crippen LogP contribution in [0.2, 0.25) is 5.02 Å². The molecule has 0 aliphatic carbocycles. The number of hydrogen-bond donors (Lipinski definition) is 2. The summed E-state index contributed by atoms with van der Waals surface area (Å²) in [5.41, 5.74) is 0. The third kappa shape index (κ3) is 6.58. The lowest BCUT2D eigenvalue weighted by molar-refractivity contribution is 0.322. The molecule has 0 aliphatic rings. The number of halogens is 2. The summed E-state index contributed by atoms with van der Waals surface area (Å²) in [4.78, 5) is 3.98. The Labute approximate surface area is 124 Å². The maximum atomic E-state index is 5.83. The molecule has 0 unspecified atom stereocenters. The Bertz CT molecular complexity index is 360. The van der Waals surface area contributed by atoms with Crippen molar-refractivity contribution in [3.05, 3.63) is 29.3 Å². The van der Waals surface area contributed by atoms with E-state index in [-0.39, 0.29) is 24.0 Å². The fraction of sp³-hybridized carbons (Fsp3) is 0.364. The van der Waals surface area contributed by atoms with Crippen molar-refractivity contribution in [3.8, 4) is 5.75 Å². The smallest absolute Gasteiger partial charge is 0.190 e. The molecule has 96 valence electrons. The van der Waals surface area contributed by atoms with Crippen LogP contribution in [0.3, 0.4) is 0 Å². The van der Waals surface area contributed by atoms with Gasteiger partial charge in [-0.2, -0.15) is 0 Å². The van der Waals surface area contributed by atoms with Crippen LogP contribution in [0.1, 0.15) is 0 Å². The minimum atomic E-state index is 0. The molecular weight excluding hydrogens is 352 g/mol. The predicted octanol–water partition coefficient (Wildman–Crippen LogP) is 2.13. The fourth-order valence-electron chi connectivity index (χ4n) is 1.17. The van der Waals surface area contributed by atoms with Gasteiger partial charge in [-0.25, -0.2) is 0 Å². The average Bonchev–Trinajstić information content (AvgIpc) is 2.29. The first-order chi connectivity index (χ1) is 7.76. The average molecular weight is 370 g/mol. The molecule has 0 spiro atoms. The van der Waals surface area contributed by atoms with Gasteiger partial charge in [0.05, 0.1) is 6.54 Å². The van der Waals surface area contributed by atoms with Gasteiger partial charge >= 0.3 is 0 Å². The molecule has 1 aromatic carbocycles. The van der Waals surface area contributed by atoms with Crippen LogP contribution in [0, 0.1) is 0 Å². The largest absolute Gasteiger partial charge is 0.492 e. The van der Waals surface area contributed by atoms with E-state index < -0.39 is 0 Å². The van der Waals surface area contributed by atoms with Crippen LogP contribution >= 0.6 is 35.6 Å². The highest BCUT2D eigenvalue weighted by Crippen LogP contribution is 2.16. The second-order valence-corrected chi connectivity index (χ2v) is 3.49. The first-order valence-electron chi connectivity index (χ1n) is 5.03. The second-order valence-electron chi connectivity index (χ2n) is 3.05. The second kappa shape index (κ2) is 9.35. The molecule has 0 bridgehead atoms. The van der Waals surface area contributed by atoms with E-state index in [0.717, 1.165) is 11.7 Å². The Hall–Kier alpha value is -0.690. The Morgan fingerprint density at radius 1 is 1.47 bits per heavy atom. The first kappa shape index (κ1) is 16.3. The van der Waals surface area contributed by atoms with Crippen LogP contribution in [-0.4, -0.2) is 33.2 Å². The van der Waals surface area contributed by atoms with Gasteiger partial charge in [0.15, 0.2) is 5.96 Å². The highest BCUT2D eigenvalue weighted by Gasteiger charge is 1.95. The van der Waals surface area contributed by atoms with Crippen molar-refractivity contribution >= 4 is 41.5 Å². The molecule has 1 rings (SSSR count). The molecule has 0 atom stereocenters. The fourth-order valence-corrected chi connectivity index (χ4v) is 1.35. The van der Waals surface area contributed by atoms with Gasteiger partial charge in [0.25, 0.3) is 0 Å². The summed E-state index contributed by atoms with van der Waals surface area (Å²) in [6.45, 7) is 1.24. The lowest BCUT2D eigenvalue weighted by Crippen LogP contribution is -2.37. The maximum Gasteiger partial charge on any atom is 0.190 e. The van der Waals surface area contributed by atoms with Crippen LogP contribution in [0.25, 0.3) is 0 Å². The molecule has 0 fully saturated rings. The molecule has 1 aromatic rings. The monoisotopic (exact) mass is 369 g/mol. The number of rotatable bonds is 4. The normalized spacial score (nSPS) is 10.4. The van der Waals surface area contributed by atoms with Crippen LogP contribution in [-0.2, 0) is 0 Å². The number of nitrogens with one attached hydrogen (secondary N) is 2. The van der Waals surface area contributed by atoms with Crippen molar-refractivity contribution < 1.29 is 4.74 Å². The van der Waals surface area contributed by atoms with Crippen molar-refractivity contribution in [1.29, 1.82) is 0 Å². The lowest BCUT2D eigenvalue weighted by Gasteiger charge is -2.09. The molecule has 0 saturated carbocycles. The van der Waals surface area contributed by atoms with Gasteiger partial charge < -0.3 is 15.4 Å². The zero-order chi connectivity index (χ0) is 11.8. The number of ether oxygens (including phenoxy) is 1. The Kier molecular flexibility index (Phi) is 8.97. The zero-order valence-corrected chi connectivity index (χ0v) is 13.0. The number of aliphatic imine (C=N–C) groups is 1. The van der Waals surface area contributed by atoms with Gasteiger partial charge in [0.2, 0.25) is 0 Å². The number of guanidine groups is 1. The van der Waals surface area contributed by atoms with Gasteiger partial charge in [-0.1, -0.05) is 17.7 Å². The zero-order valence-electron chi connectivity index (χ0n) is 9.87. The molecule has 6 heteroatoms. The van der Waals surface area contributed by atoms with E-state index in [9.17, 15) is 0 Å². The minimum absolute atomic E-state index is 0. The van der Waals surface area contributed by atoms with Crippen molar-refractivity contribution in [2.75, 3.05) is 27.2 Å². The molecular formula is C11H17ClIN3O. The molecule has 0 heterocycles. The van der Waals surface area contributed by atoms with E-state index in [1.807, 2.05) is 25.2 Å². The van der Waals surface area contributed by atoms with Crippen LogP contribution in [0.5, 0.6) is 5.75 Å². The maximum absolute atomic E-state index is 5.83. The molecule has 0 aromatic heterocycles. The number of hydrogen-bond acceptors (Lipinski definition) is 2. The van der Waals surface area contributed by atoms with Crippen molar-refractivity contribution in [1.82, 2.24) is 10.6 Å². The molecule has 0 radical (unpaired) electrons. The summed E-state index contributed by atoms with van der Waals surface area (Å²) in [7, 11) is 3.53. The topological polar surface area (TPSA) is 45.7 Å². The Morgan fingerprint density at radius 3 is 2.82 bits per heavy atom. The first-order valence-corrected chi connectivity index (χ1v) is 5.41. The SMILES string of the molecule is CN=C(NC)NCCOc1cccc(Cl)c1.I. The van der Waals surface area contributed by atoms with Gasteiger partial charge in [-0.3, -0.25) is 4.99 Å². The summed E-state index contributed by atoms with van der Waals surface area (Å²) < 4.78 is 5.50. The number of nitrogens with zero attached hydrogens (tertiary/aromatic N) is 1. The summed E-state index contributed by atoms with van der Waals surface area (Å²) >= 11 is 5.83. The third-order valence-electron chi connectivity index (χ3n) is 1.92. The van der Waals surface area contributed by atoms with E-state index in [0.29, 0.717) is 18.2 Å². The summed E-state index contributed by atoms with van der Waals surface area (Å²) in [6.07, 6.45) is 0. The standard InChI is InChI=1S/C11H16ClN3O.HI/c1-13-11(14-2)15-6-7-16-10-5-3-4-9(12)8-10;/h3-5,8H,6-7H2,1-2H3,(H2,13,14,15);1H. The van der Waals surface area contributed by atoms with Gasteiger partial charge in [-0.15, -0.1) is 24.0 Å². The third-order valence-corrected chi connectivity index (χ3v) is 2.15. The van der Waals surface area contributed by atoms with Crippen molar-refractivity contribution in [3.63, 3.8) is 0 Å².